The minimum absolute atomic E-state index is 0.258. The van der Waals surface area contributed by atoms with Gasteiger partial charge in [-0.15, -0.1) is 0 Å². The third kappa shape index (κ3) is 4.62. The zero-order chi connectivity index (χ0) is 19.6. The number of piperazine rings is 1. The molecule has 0 radical (unpaired) electrons. The molecule has 27 heavy (non-hydrogen) atoms. The summed E-state index contributed by atoms with van der Waals surface area (Å²) < 4.78 is 38.3. The van der Waals surface area contributed by atoms with Crippen LogP contribution >= 0.6 is 0 Å². The summed E-state index contributed by atoms with van der Waals surface area (Å²) in [5, 5.41) is 0. The molecule has 1 aliphatic rings. The van der Waals surface area contributed by atoms with Crippen LogP contribution in [0.1, 0.15) is 29.6 Å². The zero-order valence-electron chi connectivity index (χ0n) is 15.9. The lowest BCUT2D eigenvalue weighted by Gasteiger charge is -2.35. The summed E-state index contributed by atoms with van der Waals surface area (Å²) in [5.41, 5.74) is 3.00. The van der Waals surface area contributed by atoms with E-state index < -0.39 is 10.0 Å². The molecular formula is C19H25FN4O2S. The molecule has 6 nitrogen and oxygen atoms in total. The van der Waals surface area contributed by atoms with Gasteiger partial charge in [-0.3, -0.25) is 0 Å². The SMILES string of the molecule is CCc1nc(C)nc(N2CCN(S(C)(=O)=O)CC2)c1Cc1ccc(F)cc1. The molecule has 1 aliphatic heterocycles. The number of hydrogen-bond donors (Lipinski definition) is 0. The number of benzene rings is 1. The van der Waals surface area contributed by atoms with Crippen molar-refractivity contribution in [2.45, 2.75) is 26.7 Å². The van der Waals surface area contributed by atoms with Gasteiger partial charge in [0.25, 0.3) is 0 Å². The summed E-state index contributed by atoms with van der Waals surface area (Å²) in [6, 6.07) is 6.47. The fourth-order valence-electron chi connectivity index (χ4n) is 3.41. The highest BCUT2D eigenvalue weighted by molar-refractivity contribution is 7.88. The second-order valence-electron chi connectivity index (χ2n) is 6.83. The Kier molecular flexibility index (Phi) is 5.76. The molecule has 1 aromatic heterocycles. The quantitative estimate of drug-likeness (QED) is 0.780. The van der Waals surface area contributed by atoms with E-state index in [9.17, 15) is 12.8 Å². The van der Waals surface area contributed by atoms with Crippen LogP contribution in [-0.2, 0) is 22.9 Å². The molecule has 3 rings (SSSR count). The third-order valence-electron chi connectivity index (χ3n) is 4.82. The van der Waals surface area contributed by atoms with E-state index in [1.165, 1.54) is 22.7 Å². The number of aromatic nitrogens is 2. The molecule has 0 amide bonds. The van der Waals surface area contributed by atoms with Crippen molar-refractivity contribution < 1.29 is 12.8 Å². The Labute approximate surface area is 160 Å². The van der Waals surface area contributed by atoms with Crippen LogP contribution in [-0.4, -0.2) is 55.1 Å². The first-order valence-electron chi connectivity index (χ1n) is 9.09. The molecule has 8 heteroatoms. The molecule has 0 saturated carbocycles. The number of aryl methyl sites for hydroxylation is 2. The minimum atomic E-state index is -3.18. The first-order valence-corrected chi connectivity index (χ1v) is 10.9. The highest BCUT2D eigenvalue weighted by Gasteiger charge is 2.26. The van der Waals surface area contributed by atoms with E-state index in [4.69, 9.17) is 0 Å². The van der Waals surface area contributed by atoms with Crippen LogP contribution in [0.15, 0.2) is 24.3 Å². The number of sulfonamides is 1. The zero-order valence-corrected chi connectivity index (χ0v) is 16.8. The largest absolute Gasteiger partial charge is 0.354 e. The average molecular weight is 393 g/mol. The minimum Gasteiger partial charge on any atom is -0.354 e. The normalized spacial score (nSPS) is 15.9. The van der Waals surface area contributed by atoms with Crippen LogP contribution in [0.4, 0.5) is 10.2 Å². The molecule has 2 heterocycles. The number of hydrogen-bond acceptors (Lipinski definition) is 5. The Morgan fingerprint density at radius 3 is 2.26 bits per heavy atom. The van der Waals surface area contributed by atoms with Gasteiger partial charge in [-0.1, -0.05) is 19.1 Å². The average Bonchev–Trinajstić information content (AvgIpc) is 2.64. The van der Waals surface area contributed by atoms with Gasteiger partial charge < -0.3 is 4.90 Å². The predicted molar refractivity (Wildman–Crippen MR) is 104 cm³/mol. The van der Waals surface area contributed by atoms with Gasteiger partial charge in [0, 0.05) is 43.9 Å². The van der Waals surface area contributed by atoms with E-state index in [2.05, 4.69) is 21.8 Å². The van der Waals surface area contributed by atoms with Crippen molar-refractivity contribution in [1.29, 1.82) is 0 Å². The maximum atomic E-state index is 13.2. The Hall–Kier alpha value is -2.06. The van der Waals surface area contributed by atoms with Gasteiger partial charge in [-0.25, -0.2) is 22.8 Å². The summed E-state index contributed by atoms with van der Waals surface area (Å²) in [5.74, 6) is 1.30. The molecule has 0 N–H and O–H groups in total. The predicted octanol–water partition coefficient (Wildman–Crippen LogP) is 2.16. The lowest BCUT2D eigenvalue weighted by atomic mass is 10.0. The summed E-state index contributed by atoms with van der Waals surface area (Å²) >= 11 is 0. The Balaban J connectivity index is 1.92. The highest BCUT2D eigenvalue weighted by atomic mass is 32.2. The van der Waals surface area contributed by atoms with E-state index in [0.29, 0.717) is 38.4 Å². The number of halogens is 1. The molecule has 0 unspecified atom stereocenters. The Morgan fingerprint density at radius 1 is 1.07 bits per heavy atom. The fourth-order valence-corrected chi connectivity index (χ4v) is 4.24. The first kappa shape index (κ1) is 19.7. The van der Waals surface area contributed by atoms with Gasteiger partial charge in [0.2, 0.25) is 10.0 Å². The van der Waals surface area contributed by atoms with Crippen molar-refractivity contribution >= 4 is 15.8 Å². The van der Waals surface area contributed by atoms with Crippen LogP contribution in [0.5, 0.6) is 0 Å². The molecule has 2 aromatic rings. The second-order valence-corrected chi connectivity index (χ2v) is 8.81. The van der Waals surface area contributed by atoms with Gasteiger partial charge in [0.15, 0.2) is 0 Å². The van der Waals surface area contributed by atoms with Gasteiger partial charge in [0.1, 0.15) is 17.5 Å². The van der Waals surface area contributed by atoms with E-state index in [1.54, 1.807) is 12.1 Å². The van der Waals surface area contributed by atoms with Crippen LogP contribution < -0.4 is 4.90 Å². The first-order chi connectivity index (χ1) is 12.8. The highest BCUT2D eigenvalue weighted by Crippen LogP contribution is 2.26. The lowest BCUT2D eigenvalue weighted by Crippen LogP contribution is -2.49. The topological polar surface area (TPSA) is 66.4 Å². The van der Waals surface area contributed by atoms with Crippen LogP contribution in [0.25, 0.3) is 0 Å². The molecule has 146 valence electrons. The molecule has 0 spiro atoms. The van der Waals surface area contributed by atoms with Crippen molar-refractivity contribution in [2.24, 2.45) is 0 Å². The van der Waals surface area contributed by atoms with Gasteiger partial charge in [-0.2, -0.15) is 4.31 Å². The number of anilines is 1. The standard InChI is InChI=1S/C19H25FN4O2S/c1-4-18-17(13-15-5-7-16(20)8-6-15)19(22-14(2)21-18)23-9-11-24(12-10-23)27(3,25)26/h5-8H,4,9-13H2,1-3H3. The molecule has 1 fully saturated rings. The fraction of sp³-hybridized carbons (Fsp3) is 0.474. The van der Waals surface area contributed by atoms with Crippen LogP contribution in [0, 0.1) is 12.7 Å². The van der Waals surface area contributed by atoms with E-state index >= 15 is 0 Å². The van der Waals surface area contributed by atoms with Gasteiger partial charge in [0.05, 0.1) is 6.26 Å². The number of rotatable bonds is 5. The van der Waals surface area contributed by atoms with Gasteiger partial charge >= 0.3 is 0 Å². The van der Waals surface area contributed by atoms with E-state index in [0.717, 1.165) is 29.1 Å². The maximum absolute atomic E-state index is 13.2. The van der Waals surface area contributed by atoms with Crippen molar-refractivity contribution in [2.75, 3.05) is 37.3 Å². The summed E-state index contributed by atoms with van der Waals surface area (Å²) in [4.78, 5) is 11.4. The van der Waals surface area contributed by atoms with Crippen LogP contribution in [0.2, 0.25) is 0 Å². The third-order valence-corrected chi connectivity index (χ3v) is 6.12. The molecule has 1 saturated heterocycles. The summed E-state index contributed by atoms with van der Waals surface area (Å²) in [7, 11) is -3.18. The smallest absolute Gasteiger partial charge is 0.211 e. The molecular weight excluding hydrogens is 367 g/mol. The van der Waals surface area contributed by atoms with Crippen molar-refractivity contribution in [3.63, 3.8) is 0 Å². The summed E-state index contributed by atoms with van der Waals surface area (Å²) in [6.45, 7) is 5.99. The second kappa shape index (κ2) is 7.90. The van der Waals surface area contributed by atoms with Gasteiger partial charge in [-0.05, 0) is 31.0 Å². The van der Waals surface area contributed by atoms with Crippen molar-refractivity contribution in [1.82, 2.24) is 14.3 Å². The van der Waals surface area contributed by atoms with Crippen LogP contribution in [0.3, 0.4) is 0 Å². The monoisotopic (exact) mass is 392 g/mol. The van der Waals surface area contributed by atoms with Crippen molar-refractivity contribution in [3.8, 4) is 0 Å². The molecule has 0 atom stereocenters. The molecule has 0 bridgehead atoms. The van der Waals surface area contributed by atoms with Crippen molar-refractivity contribution in [3.05, 3.63) is 52.7 Å². The number of nitrogens with zero attached hydrogens (tertiary/aromatic N) is 4. The molecule has 1 aromatic carbocycles. The molecule has 0 aliphatic carbocycles. The Bertz CT molecular complexity index is 908. The van der Waals surface area contributed by atoms with E-state index in [1.807, 2.05) is 6.92 Å². The summed E-state index contributed by atoms with van der Waals surface area (Å²) in [6.07, 6.45) is 2.63. The maximum Gasteiger partial charge on any atom is 0.211 e. The Morgan fingerprint density at radius 2 is 1.70 bits per heavy atom. The lowest BCUT2D eigenvalue weighted by molar-refractivity contribution is 0.386. The van der Waals surface area contributed by atoms with E-state index in [-0.39, 0.29) is 5.82 Å².